The number of hydrogen-bond acceptors (Lipinski definition) is 4. The zero-order valence-electron chi connectivity index (χ0n) is 10.7. The molecular weight excluding hydrogens is 234 g/mol. The first-order chi connectivity index (χ1) is 8.69. The van der Waals surface area contributed by atoms with Gasteiger partial charge in [0.05, 0.1) is 14.2 Å². The number of ether oxygens (including phenoxy) is 2. The maximum atomic E-state index is 10.4. The van der Waals surface area contributed by atoms with Crippen molar-refractivity contribution in [3.8, 4) is 11.5 Å². The Labute approximate surface area is 107 Å². The van der Waals surface area contributed by atoms with E-state index in [1.807, 2.05) is 18.2 Å². The molecule has 0 atom stereocenters. The van der Waals surface area contributed by atoms with Gasteiger partial charge in [-0.3, -0.25) is 4.79 Å². The molecule has 0 aliphatic carbocycles. The highest BCUT2D eigenvalue weighted by Gasteiger charge is 2.08. The van der Waals surface area contributed by atoms with E-state index in [4.69, 9.17) is 14.6 Å². The smallest absolute Gasteiger partial charge is 0.303 e. The monoisotopic (exact) mass is 253 g/mol. The van der Waals surface area contributed by atoms with Crippen molar-refractivity contribution in [2.24, 2.45) is 0 Å². The minimum Gasteiger partial charge on any atom is -0.493 e. The lowest BCUT2D eigenvalue weighted by molar-refractivity contribution is -0.137. The number of carboxylic acids is 1. The molecular formula is C13H19NO4. The number of hydrogen-bond donors (Lipinski definition) is 2. The van der Waals surface area contributed by atoms with E-state index in [2.05, 4.69) is 5.32 Å². The summed E-state index contributed by atoms with van der Waals surface area (Å²) in [5.41, 5.74) is 0.993. The van der Waals surface area contributed by atoms with Crippen LogP contribution in [0.25, 0.3) is 0 Å². The van der Waals surface area contributed by atoms with E-state index in [-0.39, 0.29) is 6.42 Å². The van der Waals surface area contributed by atoms with Crippen LogP contribution in [0.4, 0.5) is 0 Å². The molecule has 0 heterocycles. The Balaban J connectivity index is 2.49. The molecule has 0 aliphatic rings. The van der Waals surface area contributed by atoms with Gasteiger partial charge >= 0.3 is 5.97 Å². The highest BCUT2D eigenvalue weighted by atomic mass is 16.5. The predicted molar refractivity (Wildman–Crippen MR) is 68.1 cm³/mol. The van der Waals surface area contributed by atoms with Crippen LogP contribution in [0.15, 0.2) is 18.2 Å². The van der Waals surface area contributed by atoms with Crippen LogP contribution < -0.4 is 14.8 Å². The molecule has 0 aromatic heterocycles. The maximum Gasteiger partial charge on any atom is 0.303 e. The Morgan fingerprint density at radius 1 is 1.33 bits per heavy atom. The van der Waals surface area contributed by atoms with Gasteiger partial charge in [-0.15, -0.1) is 0 Å². The average molecular weight is 253 g/mol. The molecule has 0 bridgehead atoms. The SMILES string of the molecule is COc1cccc(CNCCCC(=O)O)c1OC. The molecule has 1 aromatic carbocycles. The van der Waals surface area contributed by atoms with Crippen LogP contribution in [0.1, 0.15) is 18.4 Å². The molecule has 0 aliphatic heterocycles. The number of rotatable bonds is 8. The first kappa shape index (κ1) is 14.3. The van der Waals surface area contributed by atoms with Gasteiger partial charge < -0.3 is 19.9 Å². The lowest BCUT2D eigenvalue weighted by Crippen LogP contribution is -2.16. The van der Waals surface area contributed by atoms with Gasteiger partial charge in [0.25, 0.3) is 0 Å². The molecule has 0 amide bonds. The molecule has 0 saturated heterocycles. The van der Waals surface area contributed by atoms with Crippen molar-refractivity contribution >= 4 is 5.97 Å². The molecule has 18 heavy (non-hydrogen) atoms. The van der Waals surface area contributed by atoms with Gasteiger partial charge in [-0.05, 0) is 19.0 Å². The van der Waals surface area contributed by atoms with Crippen LogP contribution in [0.3, 0.4) is 0 Å². The minimum atomic E-state index is -0.768. The van der Waals surface area contributed by atoms with Crippen molar-refractivity contribution in [2.45, 2.75) is 19.4 Å². The molecule has 0 saturated carbocycles. The fourth-order valence-electron chi connectivity index (χ4n) is 1.68. The van der Waals surface area contributed by atoms with Crippen LogP contribution in [0.2, 0.25) is 0 Å². The lowest BCUT2D eigenvalue weighted by atomic mass is 10.2. The topological polar surface area (TPSA) is 67.8 Å². The Bertz CT molecular complexity index is 393. The van der Waals surface area contributed by atoms with Crippen LogP contribution >= 0.6 is 0 Å². The largest absolute Gasteiger partial charge is 0.493 e. The highest BCUT2D eigenvalue weighted by molar-refractivity contribution is 5.66. The number of nitrogens with one attached hydrogen (secondary N) is 1. The number of benzene rings is 1. The number of methoxy groups -OCH3 is 2. The number of carbonyl (C=O) groups is 1. The Morgan fingerprint density at radius 3 is 2.72 bits per heavy atom. The predicted octanol–water partition coefficient (Wildman–Crippen LogP) is 1.66. The summed E-state index contributed by atoms with van der Waals surface area (Å²) in [5, 5.41) is 11.7. The number of carboxylic acid groups (broad SMARTS) is 1. The molecule has 1 rings (SSSR count). The van der Waals surface area contributed by atoms with Crippen molar-refractivity contribution in [1.29, 1.82) is 0 Å². The zero-order chi connectivity index (χ0) is 13.4. The fraction of sp³-hybridized carbons (Fsp3) is 0.462. The lowest BCUT2D eigenvalue weighted by Gasteiger charge is -2.12. The molecule has 1 aromatic rings. The molecule has 0 spiro atoms. The zero-order valence-corrected chi connectivity index (χ0v) is 10.7. The Kier molecular flexibility index (Phi) is 6.00. The first-order valence-electron chi connectivity index (χ1n) is 5.81. The second-order valence-electron chi connectivity index (χ2n) is 3.83. The van der Waals surface area contributed by atoms with Crippen molar-refractivity contribution in [1.82, 2.24) is 5.32 Å². The van der Waals surface area contributed by atoms with Gasteiger partial charge in [-0.25, -0.2) is 0 Å². The Morgan fingerprint density at radius 2 is 2.11 bits per heavy atom. The third-order valence-corrected chi connectivity index (χ3v) is 2.54. The van der Waals surface area contributed by atoms with Gasteiger partial charge in [0.2, 0.25) is 0 Å². The van der Waals surface area contributed by atoms with Crippen molar-refractivity contribution in [3.05, 3.63) is 23.8 Å². The van der Waals surface area contributed by atoms with Crippen LogP contribution in [0, 0.1) is 0 Å². The Hall–Kier alpha value is -1.75. The van der Waals surface area contributed by atoms with Crippen LogP contribution in [0.5, 0.6) is 11.5 Å². The maximum absolute atomic E-state index is 10.4. The summed E-state index contributed by atoms with van der Waals surface area (Å²) in [6, 6.07) is 5.69. The second-order valence-corrected chi connectivity index (χ2v) is 3.83. The van der Waals surface area contributed by atoms with E-state index in [1.54, 1.807) is 14.2 Å². The van der Waals surface area contributed by atoms with E-state index in [0.29, 0.717) is 31.0 Å². The van der Waals surface area contributed by atoms with Crippen molar-refractivity contribution in [2.75, 3.05) is 20.8 Å². The number of para-hydroxylation sites is 1. The first-order valence-corrected chi connectivity index (χ1v) is 5.81. The molecule has 5 heteroatoms. The fourth-order valence-corrected chi connectivity index (χ4v) is 1.68. The van der Waals surface area contributed by atoms with Gasteiger partial charge in [0, 0.05) is 18.5 Å². The molecule has 0 fully saturated rings. The molecule has 2 N–H and O–H groups in total. The van der Waals surface area contributed by atoms with E-state index < -0.39 is 5.97 Å². The molecule has 100 valence electrons. The summed E-state index contributed by atoms with van der Waals surface area (Å²) in [4.78, 5) is 10.4. The van der Waals surface area contributed by atoms with Crippen LogP contribution in [-0.2, 0) is 11.3 Å². The van der Waals surface area contributed by atoms with E-state index in [1.165, 1.54) is 0 Å². The summed E-state index contributed by atoms with van der Waals surface area (Å²) in [6.45, 7) is 1.28. The minimum absolute atomic E-state index is 0.183. The van der Waals surface area contributed by atoms with Gasteiger partial charge in [0.15, 0.2) is 11.5 Å². The average Bonchev–Trinajstić information content (AvgIpc) is 2.37. The standard InChI is InChI=1S/C13H19NO4/c1-17-11-6-3-5-10(13(11)18-2)9-14-8-4-7-12(15)16/h3,5-6,14H,4,7-9H2,1-2H3,(H,15,16). The summed E-state index contributed by atoms with van der Waals surface area (Å²) >= 11 is 0. The van der Waals surface area contributed by atoms with Crippen molar-refractivity contribution in [3.63, 3.8) is 0 Å². The van der Waals surface area contributed by atoms with E-state index in [0.717, 1.165) is 5.56 Å². The summed E-state index contributed by atoms with van der Waals surface area (Å²) in [7, 11) is 3.20. The summed E-state index contributed by atoms with van der Waals surface area (Å²) < 4.78 is 10.5. The van der Waals surface area contributed by atoms with Gasteiger partial charge in [0.1, 0.15) is 0 Å². The molecule has 5 nitrogen and oxygen atoms in total. The number of aliphatic carboxylic acids is 1. The summed E-state index contributed by atoms with van der Waals surface area (Å²) in [6.07, 6.45) is 0.795. The van der Waals surface area contributed by atoms with Crippen LogP contribution in [-0.4, -0.2) is 31.8 Å². The summed E-state index contributed by atoms with van der Waals surface area (Å²) in [5.74, 6) is 0.642. The quantitative estimate of drug-likeness (QED) is 0.690. The van der Waals surface area contributed by atoms with Crippen molar-refractivity contribution < 1.29 is 19.4 Å². The highest BCUT2D eigenvalue weighted by Crippen LogP contribution is 2.30. The van der Waals surface area contributed by atoms with E-state index in [9.17, 15) is 4.79 Å². The van der Waals surface area contributed by atoms with Gasteiger partial charge in [-0.1, -0.05) is 12.1 Å². The normalized spacial score (nSPS) is 10.1. The molecule has 0 radical (unpaired) electrons. The van der Waals surface area contributed by atoms with Gasteiger partial charge in [-0.2, -0.15) is 0 Å². The van der Waals surface area contributed by atoms with E-state index >= 15 is 0 Å². The third kappa shape index (κ3) is 4.25. The third-order valence-electron chi connectivity index (χ3n) is 2.54. The molecule has 0 unspecified atom stereocenters. The second kappa shape index (κ2) is 7.55.